The van der Waals surface area contributed by atoms with Crippen molar-refractivity contribution in [2.75, 3.05) is 18.0 Å². The second-order valence-corrected chi connectivity index (χ2v) is 7.80. The lowest BCUT2D eigenvalue weighted by atomic mass is 9.61. The third-order valence-corrected chi connectivity index (χ3v) is 5.89. The molecular weight excluding hydrogens is 326 g/mol. The molecular formula is C16H19N5O2S. The van der Waals surface area contributed by atoms with E-state index in [1.54, 1.807) is 18.3 Å². The number of hydrogen-bond donors (Lipinski definition) is 2. The molecule has 0 atom stereocenters. The number of nitrogens with zero attached hydrogens (tertiary/aromatic N) is 3. The highest BCUT2D eigenvalue weighted by molar-refractivity contribution is 8.18. The van der Waals surface area contributed by atoms with E-state index >= 15 is 0 Å². The minimum absolute atomic E-state index is 0.347. The van der Waals surface area contributed by atoms with Crippen LogP contribution < -0.4 is 16.0 Å². The zero-order valence-corrected chi connectivity index (χ0v) is 14.0. The zero-order valence-electron chi connectivity index (χ0n) is 13.2. The molecule has 1 aliphatic carbocycles. The van der Waals surface area contributed by atoms with E-state index in [1.165, 1.54) is 0 Å². The first-order valence-corrected chi connectivity index (χ1v) is 8.93. The second kappa shape index (κ2) is 5.86. The molecule has 1 spiro atoms. The molecule has 2 saturated heterocycles. The lowest BCUT2D eigenvalue weighted by molar-refractivity contribution is -0.115. The average molecular weight is 345 g/mol. The maximum Gasteiger partial charge on any atom is 0.290 e. The van der Waals surface area contributed by atoms with Gasteiger partial charge in [0.05, 0.1) is 10.6 Å². The van der Waals surface area contributed by atoms with Crippen molar-refractivity contribution in [1.29, 1.82) is 0 Å². The van der Waals surface area contributed by atoms with E-state index in [2.05, 4.69) is 20.2 Å². The molecule has 126 valence electrons. The highest BCUT2D eigenvalue weighted by Crippen LogP contribution is 2.48. The molecule has 8 heteroatoms. The van der Waals surface area contributed by atoms with Gasteiger partial charge in [0.2, 0.25) is 5.95 Å². The molecule has 3 fully saturated rings. The van der Waals surface area contributed by atoms with Gasteiger partial charge in [0.15, 0.2) is 0 Å². The van der Waals surface area contributed by atoms with Crippen LogP contribution in [-0.2, 0) is 4.79 Å². The van der Waals surface area contributed by atoms with Crippen LogP contribution in [0.5, 0.6) is 0 Å². The van der Waals surface area contributed by atoms with Crippen molar-refractivity contribution in [2.45, 2.75) is 31.7 Å². The third kappa shape index (κ3) is 2.91. The summed E-state index contributed by atoms with van der Waals surface area (Å²) in [5.41, 5.74) is 7.02. The van der Waals surface area contributed by atoms with Gasteiger partial charge in [0, 0.05) is 25.3 Å². The summed E-state index contributed by atoms with van der Waals surface area (Å²) in [7, 11) is 0. The molecule has 24 heavy (non-hydrogen) atoms. The van der Waals surface area contributed by atoms with Gasteiger partial charge in [-0.25, -0.2) is 9.97 Å². The molecule has 1 aromatic heterocycles. The number of rotatable bonds is 2. The van der Waals surface area contributed by atoms with Gasteiger partial charge >= 0.3 is 0 Å². The zero-order chi connectivity index (χ0) is 16.7. The average Bonchev–Trinajstić information content (AvgIpc) is 2.85. The molecule has 3 aliphatic rings. The Kier molecular flexibility index (Phi) is 3.80. The molecule has 3 heterocycles. The highest BCUT2D eigenvalue weighted by atomic mass is 32.2. The summed E-state index contributed by atoms with van der Waals surface area (Å²) in [4.78, 5) is 34.3. The number of carbonyl (C=O) groups excluding carboxylic acids is 2. The van der Waals surface area contributed by atoms with Crippen LogP contribution in [0.3, 0.4) is 0 Å². The summed E-state index contributed by atoms with van der Waals surface area (Å²) in [6, 6.07) is 2.12. The number of carbonyl (C=O) groups is 2. The molecule has 0 bridgehead atoms. The molecule has 7 nitrogen and oxygen atoms in total. The highest BCUT2D eigenvalue weighted by Gasteiger charge is 2.44. The molecule has 2 amide bonds. The van der Waals surface area contributed by atoms with Crippen molar-refractivity contribution >= 4 is 34.9 Å². The maximum atomic E-state index is 11.6. The van der Waals surface area contributed by atoms with E-state index in [1.807, 2.05) is 0 Å². The topological polar surface area (TPSA) is 101 Å². The Morgan fingerprint density at radius 3 is 2.71 bits per heavy atom. The van der Waals surface area contributed by atoms with Crippen molar-refractivity contribution in [3.05, 3.63) is 22.9 Å². The maximum absolute atomic E-state index is 11.6. The lowest BCUT2D eigenvalue weighted by Gasteiger charge is -2.51. The van der Waals surface area contributed by atoms with Crippen molar-refractivity contribution in [3.63, 3.8) is 0 Å². The summed E-state index contributed by atoms with van der Waals surface area (Å²) < 4.78 is 0. The van der Waals surface area contributed by atoms with Crippen molar-refractivity contribution in [1.82, 2.24) is 15.3 Å². The summed E-state index contributed by atoms with van der Waals surface area (Å²) in [6.45, 7) is 1.86. The van der Waals surface area contributed by atoms with Crippen molar-refractivity contribution in [3.8, 4) is 0 Å². The number of nitrogens with one attached hydrogen (secondary N) is 1. The van der Waals surface area contributed by atoms with Gasteiger partial charge in [-0.1, -0.05) is 0 Å². The van der Waals surface area contributed by atoms with Gasteiger partial charge in [-0.15, -0.1) is 0 Å². The Morgan fingerprint density at radius 1 is 1.33 bits per heavy atom. The monoisotopic (exact) mass is 345 g/mol. The molecule has 1 saturated carbocycles. The van der Waals surface area contributed by atoms with Crippen LogP contribution in [0.15, 0.2) is 17.2 Å². The number of imide groups is 1. The Balaban J connectivity index is 1.47. The Morgan fingerprint density at radius 2 is 2.08 bits per heavy atom. The SMILES string of the molecule is NC1CC2(CCN(c3nccc(C=C4SC(=O)NC4=O)n3)CC2)C1. The van der Waals surface area contributed by atoms with Crippen LogP contribution in [0.4, 0.5) is 10.7 Å². The molecule has 0 aromatic carbocycles. The molecule has 4 rings (SSSR count). The van der Waals surface area contributed by atoms with E-state index in [4.69, 9.17) is 5.73 Å². The van der Waals surface area contributed by atoms with Crippen LogP contribution in [-0.4, -0.2) is 40.2 Å². The van der Waals surface area contributed by atoms with Gasteiger partial charge < -0.3 is 10.6 Å². The van der Waals surface area contributed by atoms with Crippen LogP contribution in [0.2, 0.25) is 0 Å². The minimum Gasteiger partial charge on any atom is -0.341 e. The largest absolute Gasteiger partial charge is 0.341 e. The first kappa shape index (κ1) is 15.6. The number of aromatic nitrogens is 2. The normalized spacial score (nSPS) is 25.2. The summed E-state index contributed by atoms with van der Waals surface area (Å²) in [5.74, 6) is 0.309. The quantitative estimate of drug-likeness (QED) is 0.783. The van der Waals surface area contributed by atoms with E-state index in [0.717, 1.165) is 50.5 Å². The fourth-order valence-corrected chi connectivity index (χ4v) is 4.46. The number of hydrogen-bond acceptors (Lipinski definition) is 7. The number of nitrogens with two attached hydrogens (primary N) is 1. The molecule has 0 radical (unpaired) electrons. The fourth-order valence-electron chi connectivity index (χ4n) is 3.79. The summed E-state index contributed by atoms with van der Waals surface area (Å²) in [5, 5.41) is 1.90. The molecule has 0 unspecified atom stereocenters. The van der Waals surface area contributed by atoms with Crippen LogP contribution in [0.1, 0.15) is 31.4 Å². The van der Waals surface area contributed by atoms with E-state index in [0.29, 0.717) is 28.0 Å². The van der Waals surface area contributed by atoms with E-state index in [-0.39, 0.29) is 11.1 Å². The van der Waals surface area contributed by atoms with Crippen LogP contribution in [0, 0.1) is 5.41 Å². The number of piperidine rings is 1. The fraction of sp³-hybridized carbons (Fsp3) is 0.500. The standard InChI is InChI=1S/C16H19N5O2S/c17-10-8-16(9-10)2-5-21(6-3-16)14-18-4-1-11(19-14)7-12-13(22)20-15(23)24-12/h1,4,7,10H,2-3,5-6,8-9,17H2,(H,20,22,23). The number of amides is 2. The Labute approximate surface area is 144 Å². The first-order valence-electron chi connectivity index (χ1n) is 8.11. The lowest BCUT2D eigenvalue weighted by Crippen LogP contribution is -2.52. The van der Waals surface area contributed by atoms with Gasteiger partial charge in [-0.05, 0) is 55.0 Å². The number of anilines is 1. The predicted octanol–water partition coefficient (Wildman–Crippen LogP) is 1.51. The van der Waals surface area contributed by atoms with Crippen molar-refractivity contribution in [2.24, 2.45) is 11.1 Å². The van der Waals surface area contributed by atoms with E-state index in [9.17, 15) is 9.59 Å². The smallest absolute Gasteiger partial charge is 0.290 e. The van der Waals surface area contributed by atoms with Gasteiger partial charge in [-0.3, -0.25) is 14.9 Å². The van der Waals surface area contributed by atoms with E-state index < -0.39 is 0 Å². The van der Waals surface area contributed by atoms with Gasteiger partial charge in [0.25, 0.3) is 11.1 Å². The van der Waals surface area contributed by atoms with Gasteiger partial charge in [-0.2, -0.15) is 0 Å². The molecule has 2 aliphatic heterocycles. The van der Waals surface area contributed by atoms with Crippen molar-refractivity contribution < 1.29 is 9.59 Å². The summed E-state index contributed by atoms with van der Waals surface area (Å²) in [6.07, 6.45) is 7.84. The van der Waals surface area contributed by atoms with Gasteiger partial charge in [0.1, 0.15) is 0 Å². The number of thioether (sulfide) groups is 1. The Bertz CT molecular complexity index is 719. The Hall–Kier alpha value is -1.93. The molecule has 3 N–H and O–H groups in total. The predicted molar refractivity (Wildman–Crippen MR) is 92.2 cm³/mol. The summed E-state index contributed by atoms with van der Waals surface area (Å²) >= 11 is 0.896. The minimum atomic E-state index is -0.369. The first-order chi connectivity index (χ1) is 11.5. The molecule has 1 aromatic rings. The second-order valence-electron chi connectivity index (χ2n) is 6.79. The van der Waals surface area contributed by atoms with Crippen LogP contribution >= 0.6 is 11.8 Å². The van der Waals surface area contributed by atoms with Crippen LogP contribution in [0.25, 0.3) is 6.08 Å². The third-order valence-electron chi connectivity index (χ3n) is 5.08.